The van der Waals surface area contributed by atoms with Gasteiger partial charge in [0.1, 0.15) is 0 Å². The predicted octanol–water partition coefficient (Wildman–Crippen LogP) is 2.36. The van der Waals surface area contributed by atoms with E-state index in [1.54, 1.807) is 0 Å². The third-order valence-corrected chi connectivity index (χ3v) is 4.41. The average Bonchev–Trinajstić information content (AvgIpc) is 2.64. The summed E-state index contributed by atoms with van der Waals surface area (Å²) in [7, 11) is 2.25. The molecule has 1 heterocycles. The second-order valence-corrected chi connectivity index (χ2v) is 6.26. The lowest BCUT2D eigenvalue weighted by atomic mass is 9.95. The molecule has 0 aromatic rings. The molecule has 96 valence electrons. The van der Waals surface area contributed by atoms with E-state index < -0.39 is 0 Å². The Bertz CT molecular complexity index is 206. The van der Waals surface area contributed by atoms with Crippen molar-refractivity contribution in [2.45, 2.75) is 39.7 Å². The fourth-order valence-electron chi connectivity index (χ4n) is 2.72. The van der Waals surface area contributed by atoms with E-state index in [0.717, 1.165) is 18.3 Å². The molecule has 0 N–H and O–H groups in total. The van der Waals surface area contributed by atoms with E-state index in [1.165, 1.54) is 32.5 Å². The summed E-state index contributed by atoms with van der Waals surface area (Å²) in [6.45, 7) is 11.7. The summed E-state index contributed by atoms with van der Waals surface area (Å²) in [5, 5.41) is 0. The van der Waals surface area contributed by atoms with Crippen LogP contribution in [-0.2, 0) is 0 Å². The maximum Gasteiger partial charge on any atom is 0.0223 e. The molecule has 1 unspecified atom stereocenters. The first kappa shape index (κ1) is 14.3. The van der Waals surface area contributed by atoms with Gasteiger partial charge in [-0.3, -0.25) is 4.90 Å². The molecule has 16 heavy (non-hydrogen) atoms. The smallest absolute Gasteiger partial charge is 0.0223 e. The topological polar surface area (TPSA) is 6.48 Å². The Morgan fingerprint density at radius 1 is 1.44 bits per heavy atom. The second kappa shape index (κ2) is 6.27. The predicted molar refractivity (Wildman–Crippen MR) is 75.4 cm³/mol. The van der Waals surface area contributed by atoms with E-state index in [2.05, 4.69) is 50.2 Å². The van der Waals surface area contributed by atoms with Crippen molar-refractivity contribution in [3.8, 4) is 0 Å². The molecule has 0 bridgehead atoms. The summed E-state index contributed by atoms with van der Waals surface area (Å²) < 4.78 is 0. The van der Waals surface area contributed by atoms with Crippen LogP contribution >= 0.6 is 12.6 Å². The van der Waals surface area contributed by atoms with Gasteiger partial charge in [-0.1, -0.05) is 20.8 Å². The highest BCUT2D eigenvalue weighted by molar-refractivity contribution is 7.80. The Labute approximate surface area is 107 Å². The molecule has 1 rings (SSSR count). The van der Waals surface area contributed by atoms with Gasteiger partial charge in [-0.05, 0) is 44.1 Å². The molecule has 2 nitrogen and oxygen atoms in total. The van der Waals surface area contributed by atoms with Crippen LogP contribution in [0.5, 0.6) is 0 Å². The quantitative estimate of drug-likeness (QED) is 0.717. The molecular weight excluding hydrogens is 216 g/mol. The Morgan fingerprint density at radius 2 is 2.12 bits per heavy atom. The van der Waals surface area contributed by atoms with Gasteiger partial charge >= 0.3 is 0 Å². The lowest BCUT2D eigenvalue weighted by Crippen LogP contribution is -2.42. The van der Waals surface area contributed by atoms with Gasteiger partial charge in [-0.2, -0.15) is 12.6 Å². The normalized spacial score (nSPS) is 23.2. The number of likely N-dealkylation sites (N-methyl/N-ethyl adjacent to an activating group) is 2. The number of thiol groups is 1. The van der Waals surface area contributed by atoms with Crippen molar-refractivity contribution in [2.24, 2.45) is 5.41 Å². The van der Waals surface area contributed by atoms with E-state index in [1.807, 2.05) is 0 Å². The van der Waals surface area contributed by atoms with Gasteiger partial charge in [0.15, 0.2) is 0 Å². The molecule has 1 aliphatic heterocycles. The van der Waals surface area contributed by atoms with Crippen molar-refractivity contribution in [1.29, 1.82) is 0 Å². The minimum atomic E-state index is 0.327. The highest BCUT2D eigenvalue weighted by atomic mass is 32.1. The van der Waals surface area contributed by atoms with E-state index in [4.69, 9.17) is 0 Å². The number of hydrogen-bond donors (Lipinski definition) is 1. The third kappa shape index (κ3) is 4.27. The summed E-state index contributed by atoms with van der Waals surface area (Å²) >= 11 is 4.42. The molecule has 3 heteroatoms. The summed E-state index contributed by atoms with van der Waals surface area (Å²) in [5.74, 6) is 0.958. The van der Waals surface area contributed by atoms with Crippen molar-refractivity contribution in [1.82, 2.24) is 9.80 Å². The van der Waals surface area contributed by atoms with Gasteiger partial charge in [-0.15, -0.1) is 0 Å². The molecule has 0 spiro atoms. The van der Waals surface area contributed by atoms with Crippen LogP contribution in [0.15, 0.2) is 0 Å². The van der Waals surface area contributed by atoms with Gasteiger partial charge < -0.3 is 4.90 Å². The Kier molecular flexibility index (Phi) is 5.62. The number of rotatable bonds is 6. The molecule has 0 amide bonds. The van der Waals surface area contributed by atoms with Crippen LogP contribution in [0.1, 0.15) is 33.6 Å². The minimum Gasteiger partial charge on any atom is -0.304 e. The Morgan fingerprint density at radius 3 is 2.69 bits per heavy atom. The highest BCUT2D eigenvalue weighted by Crippen LogP contribution is 2.21. The van der Waals surface area contributed by atoms with Crippen LogP contribution in [0.25, 0.3) is 0 Å². The highest BCUT2D eigenvalue weighted by Gasteiger charge is 2.26. The van der Waals surface area contributed by atoms with E-state index in [-0.39, 0.29) is 0 Å². The van der Waals surface area contributed by atoms with E-state index in [0.29, 0.717) is 5.41 Å². The van der Waals surface area contributed by atoms with Crippen molar-refractivity contribution in [3.05, 3.63) is 0 Å². The first-order valence-corrected chi connectivity index (χ1v) is 7.15. The molecule has 0 aromatic heterocycles. The maximum absolute atomic E-state index is 4.42. The lowest BCUT2D eigenvalue weighted by molar-refractivity contribution is 0.165. The van der Waals surface area contributed by atoms with Gasteiger partial charge in [0.2, 0.25) is 0 Å². The summed E-state index contributed by atoms with van der Waals surface area (Å²) in [5.41, 5.74) is 0.327. The molecule has 1 aliphatic rings. The first-order chi connectivity index (χ1) is 7.48. The zero-order chi connectivity index (χ0) is 12.2. The lowest BCUT2D eigenvalue weighted by Gasteiger charge is -2.32. The summed E-state index contributed by atoms with van der Waals surface area (Å²) in [4.78, 5) is 5.10. The first-order valence-electron chi connectivity index (χ1n) is 6.52. The fraction of sp³-hybridized carbons (Fsp3) is 1.00. The zero-order valence-electron chi connectivity index (χ0n) is 11.4. The third-order valence-electron chi connectivity index (χ3n) is 3.55. The summed E-state index contributed by atoms with van der Waals surface area (Å²) in [6.07, 6.45) is 2.75. The van der Waals surface area contributed by atoms with Gasteiger partial charge in [0.05, 0.1) is 0 Å². The van der Waals surface area contributed by atoms with Gasteiger partial charge in [0.25, 0.3) is 0 Å². The molecule has 1 atom stereocenters. The SMILES string of the molecule is CCN1CCCC1CN(C)CC(C)(C)CS. The van der Waals surface area contributed by atoms with Crippen LogP contribution in [0.2, 0.25) is 0 Å². The minimum absolute atomic E-state index is 0.327. The number of likely N-dealkylation sites (tertiary alicyclic amines) is 1. The molecular formula is C13H28N2S. The van der Waals surface area contributed by atoms with Crippen LogP contribution < -0.4 is 0 Å². The largest absolute Gasteiger partial charge is 0.304 e. The van der Waals surface area contributed by atoms with Crippen LogP contribution in [-0.4, -0.2) is 54.8 Å². The van der Waals surface area contributed by atoms with Crippen LogP contribution in [0.4, 0.5) is 0 Å². The van der Waals surface area contributed by atoms with Gasteiger partial charge in [-0.25, -0.2) is 0 Å². The van der Waals surface area contributed by atoms with Crippen LogP contribution in [0.3, 0.4) is 0 Å². The standard InChI is InChI=1S/C13H28N2S/c1-5-15-8-6-7-12(15)9-14(4)10-13(2,3)11-16/h12,16H,5-11H2,1-4H3. The molecule has 0 aliphatic carbocycles. The molecule has 1 fully saturated rings. The van der Waals surface area contributed by atoms with Crippen molar-refractivity contribution < 1.29 is 0 Å². The number of hydrogen-bond acceptors (Lipinski definition) is 3. The van der Waals surface area contributed by atoms with Gasteiger partial charge in [0, 0.05) is 19.1 Å². The zero-order valence-corrected chi connectivity index (χ0v) is 12.3. The van der Waals surface area contributed by atoms with E-state index >= 15 is 0 Å². The second-order valence-electron chi connectivity index (χ2n) is 5.94. The Balaban J connectivity index is 2.36. The summed E-state index contributed by atoms with van der Waals surface area (Å²) in [6, 6.07) is 0.783. The fourth-order valence-corrected chi connectivity index (χ4v) is 2.82. The molecule has 0 aromatic carbocycles. The number of nitrogens with zero attached hydrogens (tertiary/aromatic N) is 2. The van der Waals surface area contributed by atoms with E-state index in [9.17, 15) is 0 Å². The van der Waals surface area contributed by atoms with Crippen molar-refractivity contribution in [2.75, 3.05) is 39.0 Å². The molecule has 0 radical (unpaired) electrons. The average molecular weight is 244 g/mol. The molecule has 1 saturated heterocycles. The monoisotopic (exact) mass is 244 g/mol. The van der Waals surface area contributed by atoms with Crippen LogP contribution in [0, 0.1) is 5.41 Å². The van der Waals surface area contributed by atoms with Crippen molar-refractivity contribution >= 4 is 12.6 Å². The Hall–Kier alpha value is 0.270. The maximum atomic E-state index is 4.42. The molecule has 0 saturated carbocycles. The van der Waals surface area contributed by atoms with Crippen molar-refractivity contribution in [3.63, 3.8) is 0 Å².